The second-order valence-corrected chi connectivity index (χ2v) is 5.89. The van der Waals surface area contributed by atoms with Crippen LogP contribution in [-0.4, -0.2) is 35.3 Å². The summed E-state index contributed by atoms with van der Waals surface area (Å²) in [4.78, 5) is 33.2. The Hall–Kier alpha value is -3.68. The lowest BCUT2D eigenvalue weighted by molar-refractivity contribution is -0.150. The van der Waals surface area contributed by atoms with Gasteiger partial charge >= 0.3 is 5.97 Å². The number of aromatic nitrogens is 2. The number of fused-ring (bicyclic) bond motifs is 1. The Balaban J connectivity index is 1.51. The van der Waals surface area contributed by atoms with E-state index < -0.39 is 5.97 Å². The van der Waals surface area contributed by atoms with Gasteiger partial charge in [0.05, 0.1) is 19.0 Å². The van der Waals surface area contributed by atoms with Gasteiger partial charge in [0.25, 0.3) is 5.56 Å². The topological polar surface area (TPSA) is 91.5 Å². The Morgan fingerprint density at radius 2 is 2.00 bits per heavy atom. The van der Waals surface area contributed by atoms with Gasteiger partial charge in [-0.2, -0.15) is 0 Å². The van der Waals surface area contributed by atoms with Crippen molar-refractivity contribution in [2.24, 2.45) is 5.16 Å². The number of aryl methyl sites for hydroxylation is 1. The smallest absolute Gasteiger partial charge is 0.347 e. The third kappa shape index (κ3) is 4.73. The highest BCUT2D eigenvalue weighted by molar-refractivity contribution is 5.79. The summed E-state index contributed by atoms with van der Waals surface area (Å²) in [5.74, 6) is 0.122. The summed E-state index contributed by atoms with van der Waals surface area (Å²) in [6, 6.07) is 13.9. The molecule has 0 unspecified atom stereocenters. The molecule has 0 fully saturated rings. The minimum absolute atomic E-state index is 0.121. The molecule has 2 heterocycles. The van der Waals surface area contributed by atoms with Crippen molar-refractivity contribution in [1.82, 2.24) is 9.38 Å². The third-order valence-electron chi connectivity index (χ3n) is 3.89. The van der Waals surface area contributed by atoms with Crippen molar-refractivity contribution in [2.45, 2.75) is 13.5 Å². The van der Waals surface area contributed by atoms with Crippen LogP contribution in [0.4, 0.5) is 0 Å². The van der Waals surface area contributed by atoms with Crippen molar-refractivity contribution in [1.29, 1.82) is 0 Å². The first-order valence-electron chi connectivity index (χ1n) is 8.50. The number of ether oxygens (including phenoxy) is 2. The van der Waals surface area contributed by atoms with Crippen molar-refractivity contribution >= 4 is 17.8 Å². The van der Waals surface area contributed by atoms with Gasteiger partial charge in [-0.3, -0.25) is 9.20 Å². The minimum atomic E-state index is -0.613. The van der Waals surface area contributed by atoms with E-state index in [-0.39, 0.29) is 18.8 Å². The summed E-state index contributed by atoms with van der Waals surface area (Å²) in [6.45, 7) is 1.35. The molecule has 2 aromatic heterocycles. The third-order valence-corrected chi connectivity index (χ3v) is 3.89. The minimum Gasteiger partial charge on any atom is -0.497 e. The van der Waals surface area contributed by atoms with Crippen LogP contribution in [0.3, 0.4) is 0 Å². The summed E-state index contributed by atoms with van der Waals surface area (Å²) in [5.41, 5.74) is 2.21. The average Bonchev–Trinajstić information content (AvgIpc) is 2.70. The lowest BCUT2D eigenvalue weighted by Gasteiger charge is -2.07. The number of pyridine rings is 1. The van der Waals surface area contributed by atoms with Gasteiger partial charge in [0.1, 0.15) is 18.0 Å². The Bertz CT molecular complexity index is 1060. The molecule has 0 aliphatic rings. The summed E-state index contributed by atoms with van der Waals surface area (Å²) in [6.07, 6.45) is 1.47. The molecule has 0 radical (unpaired) electrons. The molecule has 0 bridgehead atoms. The molecule has 1 aromatic carbocycles. The van der Waals surface area contributed by atoms with E-state index in [0.717, 1.165) is 17.0 Å². The maximum Gasteiger partial charge on any atom is 0.347 e. The average molecular weight is 381 g/mol. The van der Waals surface area contributed by atoms with E-state index >= 15 is 0 Å². The SMILES string of the molecule is COc1ccc(C=NOCC(=O)OCc2cc(=O)n3c(C)cccc3n2)cc1. The van der Waals surface area contributed by atoms with Crippen molar-refractivity contribution in [2.75, 3.05) is 13.7 Å². The molecule has 144 valence electrons. The highest BCUT2D eigenvalue weighted by Gasteiger charge is 2.08. The number of hydrogen-bond donors (Lipinski definition) is 0. The van der Waals surface area contributed by atoms with E-state index in [2.05, 4.69) is 10.1 Å². The monoisotopic (exact) mass is 381 g/mol. The van der Waals surface area contributed by atoms with Crippen LogP contribution in [0.1, 0.15) is 17.0 Å². The molecule has 3 rings (SSSR count). The molecule has 3 aromatic rings. The zero-order valence-corrected chi connectivity index (χ0v) is 15.5. The van der Waals surface area contributed by atoms with Crippen molar-refractivity contribution in [3.05, 3.63) is 75.8 Å². The first kappa shape index (κ1) is 19.1. The molecular formula is C20H19N3O5. The van der Waals surface area contributed by atoms with E-state index in [0.29, 0.717) is 11.3 Å². The number of rotatable bonds is 7. The van der Waals surface area contributed by atoms with Gasteiger partial charge in [-0.15, -0.1) is 0 Å². The van der Waals surface area contributed by atoms with Gasteiger partial charge < -0.3 is 14.3 Å². The van der Waals surface area contributed by atoms with E-state index in [1.807, 2.05) is 19.1 Å². The fraction of sp³-hybridized carbons (Fsp3) is 0.200. The molecule has 0 aliphatic heterocycles. The largest absolute Gasteiger partial charge is 0.497 e. The predicted molar refractivity (Wildman–Crippen MR) is 103 cm³/mol. The molecule has 0 saturated heterocycles. The number of esters is 1. The number of benzene rings is 1. The Morgan fingerprint density at radius 1 is 1.21 bits per heavy atom. The summed E-state index contributed by atoms with van der Waals surface area (Å²) in [7, 11) is 1.59. The molecule has 0 aliphatic carbocycles. The molecular weight excluding hydrogens is 362 g/mol. The van der Waals surface area contributed by atoms with E-state index in [1.54, 1.807) is 37.4 Å². The van der Waals surface area contributed by atoms with E-state index in [9.17, 15) is 9.59 Å². The lowest BCUT2D eigenvalue weighted by Crippen LogP contribution is -2.19. The second-order valence-electron chi connectivity index (χ2n) is 5.89. The maximum absolute atomic E-state index is 12.2. The Kier molecular flexibility index (Phi) is 6.01. The highest BCUT2D eigenvalue weighted by atomic mass is 16.6. The van der Waals surface area contributed by atoms with Crippen LogP contribution in [0.2, 0.25) is 0 Å². The Labute approximate surface area is 161 Å². The van der Waals surface area contributed by atoms with Gasteiger partial charge in [0.2, 0.25) is 6.61 Å². The van der Waals surface area contributed by atoms with Crippen LogP contribution in [0.5, 0.6) is 5.75 Å². The second kappa shape index (κ2) is 8.81. The molecule has 0 spiro atoms. The van der Waals surface area contributed by atoms with E-state index in [4.69, 9.17) is 14.3 Å². The predicted octanol–water partition coefficient (Wildman–Crippen LogP) is 2.11. The molecule has 8 nitrogen and oxygen atoms in total. The van der Waals surface area contributed by atoms with Crippen LogP contribution in [0.15, 0.2) is 58.5 Å². The van der Waals surface area contributed by atoms with Crippen LogP contribution in [0.25, 0.3) is 5.65 Å². The van der Waals surface area contributed by atoms with Gasteiger partial charge in [0, 0.05) is 11.8 Å². The fourth-order valence-corrected chi connectivity index (χ4v) is 2.51. The van der Waals surface area contributed by atoms with Crippen LogP contribution < -0.4 is 10.3 Å². The maximum atomic E-state index is 12.2. The van der Waals surface area contributed by atoms with Crippen molar-refractivity contribution < 1.29 is 19.1 Å². The zero-order chi connectivity index (χ0) is 19.9. The molecule has 0 saturated carbocycles. The zero-order valence-electron chi connectivity index (χ0n) is 15.5. The molecule has 0 atom stereocenters. The van der Waals surface area contributed by atoms with Crippen LogP contribution in [-0.2, 0) is 21.0 Å². The number of carbonyl (C=O) groups excluding carboxylic acids is 1. The summed E-state index contributed by atoms with van der Waals surface area (Å²) < 4.78 is 11.6. The van der Waals surface area contributed by atoms with E-state index in [1.165, 1.54) is 16.7 Å². The first-order valence-corrected chi connectivity index (χ1v) is 8.50. The standard InChI is InChI=1S/C20H19N3O5/c1-14-4-3-5-18-22-16(10-19(24)23(14)18)12-27-20(25)13-28-21-11-15-6-8-17(26-2)9-7-15/h3-11H,12-13H2,1-2H3. The number of oxime groups is 1. The molecule has 8 heteroatoms. The number of carbonyl (C=O) groups is 1. The van der Waals surface area contributed by atoms with Gasteiger partial charge in [-0.25, -0.2) is 9.78 Å². The normalized spacial score (nSPS) is 10.9. The quantitative estimate of drug-likeness (QED) is 0.354. The highest BCUT2D eigenvalue weighted by Crippen LogP contribution is 2.09. The van der Waals surface area contributed by atoms with Crippen molar-refractivity contribution in [3.8, 4) is 5.75 Å². The summed E-state index contributed by atoms with van der Waals surface area (Å²) in [5, 5.41) is 3.72. The van der Waals surface area contributed by atoms with Crippen molar-refractivity contribution in [3.63, 3.8) is 0 Å². The number of hydrogen-bond acceptors (Lipinski definition) is 7. The van der Waals surface area contributed by atoms with Gasteiger partial charge in [-0.05, 0) is 48.9 Å². The number of nitrogens with zero attached hydrogens (tertiary/aromatic N) is 3. The summed E-state index contributed by atoms with van der Waals surface area (Å²) >= 11 is 0. The van der Waals surface area contributed by atoms with Crippen LogP contribution in [0, 0.1) is 6.92 Å². The lowest BCUT2D eigenvalue weighted by atomic mass is 10.2. The van der Waals surface area contributed by atoms with Gasteiger partial charge in [0.15, 0.2) is 0 Å². The fourth-order valence-electron chi connectivity index (χ4n) is 2.51. The molecule has 0 amide bonds. The molecule has 28 heavy (non-hydrogen) atoms. The van der Waals surface area contributed by atoms with Gasteiger partial charge in [-0.1, -0.05) is 11.2 Å². The number of methoxy groups -OCH3 is 1. The first-order chi connectivity index (χ1) is 13.6. The molecule has 0 N–H and O–H groups in total. The van der Waals surface area contributed by atoms with Crippen LogP contribution >= 0.6 is 0 Å². The Morgan fingerprint density at radius 3 is 2.75 bits per heavy atom.